The molecule has 0 amide bonds. The van der Waals surface area contributed by atoms with Crippen LogP contribution in [0.3, 0.4) is 0 Å². The molecule has 0 aromatic carbocycles. The van der Waals surface area contributed by atoms with Crippen LogP contribution in [0.4, 0.5) is 4.79 Å². The molecule has 0 spiro atoms. The van der Waals surface area contributed by atoms with E-state index in [4.69, 9.17) is 19.7 Å². The Morgan fingerprint density at radius 3 is 1.36 bits per heavy atom. The SMILES string of the molecule is CCOCC.O=C([O-])[O-].[K+].[K+]. The van der Waals surface area contributed by atoms with Gasteiger partial charge in [-0.15, -0.1) is 0 Å². The number of carbonyl (C=O) groups excluding carboxylic acids is 1. The molecule has 0 unspecified atom stereocenters. The first-order valence-electron chi connectivity index (χ1n) is 2.60. The Bertz CT molecular complexity index is 63.5. The Kier molecular flexibility index (Phi) is 48.6. The average molecular weight is 212 g/mol. The number of hydrogen-bond donors (Lipinski definition) is 0. The molecule has 0 saturated heterocycles. The predicted octanol–water partition coefficient (Wildman–Crippen LogP) is -7.40. The third kappa shape index (κ3) is 68.0. The van der Waals surface area contributed by atoms with Gasteiger partial charge < -0.3 is 19.7 Å². The largest absolute Gasteiger partial charge is 1.00 e. The van der Waals surface area contributed by atoms with Gasteiger partial charge in [0.1, 0.15) is 0 Å². The van der Waals surface area contributed by atoms with E-state index in [9.17, 15) is 0 Å². The van der Waals surface area contributed by atoms with E-state index in [1.165, 1.54) is 0 Å². The monoisotopic (exact) mass is 212 g/mol. The molecule has 0 heterocycles. The zero-order valence-electron chi connectivity index (χ0n) is 7.55. The van der Waals surface area contributed by atoms with Crippen LogP contribution in [-0.2, 0) is 4.74 Å². The van der Waals surface area contributed by atoms with E-state index in [1.54, 1.807) is 0 Å². The first kappa shape index (κ1) is 23.4. The van der Waals surface area contributed by atoms with Crippen molar-refractivity contribution in [2.24, 2.45) is 0 Å². The molecule has 11 heavy (non-hydrogen) atoms. The molecule has 0 aliphatic carbocycles. The van der Waals surface area contributed by atoms with Gasteiger partial charge in [-0.1, -0.05) is 0 Å². The average Bonchev–Trinajstić information content (AvgIpc) is 1.66. The van der Waals surface area contributed by atoms with E-state index in [0.717, 1.165) is 13.2 Å². The molecule has 0 atom stereocenters. The summed E-state index contributed by atoms with van der Waals surface area (Å²) in [5.74, 6) is 0. The number of rotatable bonds is 2. The van der Waals surface area contributed by atoms with E-state index in [2.05, 4.69) is 0 Å². The molecule has 0 aromatic rings. The maximum Gasteiger partial charge on any atom is 1.00 e. The van der Waals surface area contributed by atoms with Crippen LogP contribution in [0.25, 0.3) is 0 Å². The zero-order valence-corrected chi connectivity index (χ0v) is 13.8. The van der Waals surface area contributed by atoms with Crippen LogP contribution in [0.5, 0.6) is 0 Å². The molecular weight excluding hydrogens is 202 g/mol. The zero-order chi connectivity index (χ0) is 7.70. The van der Waals surface area contributed by atoms with E-state index in [1.807, 2.05) is 13.8 Å². The fourth-order valence-electron chi connectivity index (χ4n) is 0.204. The number of hydrogen-bond acceptors (Lipinski definition) is 4. The van der Waals surface area contributed by atoms with Gasteiger partial charge in [-0.3, -0.25) is 0 Å². The topological polar surface area (TPSA) is 72.4 Å². The Hall–Kier alpha value is 2.50. The summed E-state index contributed by atoms with van der Waals surface area (Å²) in [6.45, 7) is 5.67. The minimum absolute atomic E-state index is 0. The molecule has 6 heteroatoms. The third-order valence-electron chi connectivity index (χ3n) is 0.408. The number of carbonyl (C=O) groups is 1. The van der Waals surface area contributed by atoms with Crippen molar-refractivity contribution in [3.63, 3.8) is 0 Å². The maximum atomic E-state index is 8.33. The van der Waals surface area contributed by atoms with Crippen LogP contribution in [-0.4, -0.2) is 19.4 Å². The molecule has 4 nitrogen and oxygen atoms in total. The van der Waals surface area contributed by atoms with Gasteiger partial charge in [-0.2, -0.15) is 0 Å². The van der Waals surface area contributed by atoms with Crippen LogP contribution < -0.4 is 113 Å². The standard InChI is InChI=1S/C4H10O.CH2O3.2K/c1-3-5-4-2;2-1(3)4;;/h3-4H2,1-2H3;(H2,2,3,4);;/q;;2*+1/p-2. The van der Waals surface area contributed by atoms with E-state index in [-0.39, 0.29) is 103 Å². The van der Waals surface area contributed by atoms with Gasteiger partial charge in [0.05, 0.1) is 0 Å². The molecule has 0 bridgehead atoms. The van der Waals surface area contributed by atoms with E-state index >= 15 is 0 Å². The summed E-state index contributed by atoms with van der Waals surface area (Å²) >= 11 is 0. The Morgan fingerprint density at radius 1 is 1.18 bits per heavy atom. The van der Waals surface area contributed by atoms with Gasteiger partial charge in [0, 0.05) is 13.2 Å². The quantitative estimate of drug-likeness (QED) is 0.426. The van der Waals surface area contributed by atoms with Crippen molar-refractivity contribution < 1.29 is 123 Å². The number of ether oxygens (including phenoxy) is 1. The van der Waals surface area contributed by atoms with Crippen LogP contribution >= 0.6 is 0 Å². The minimum atomic E-state index is -2.33. The molecule has 0 aliphatic rings. The smallest absolute Gasteiger partial charge is 0.652 e. The van der Waals surface area contributed by atoms with Crippen LogP contribution in [0.2, 0.25) is 0 Å². The van der Waals surface area contributed by atoms with Crippen molar-refractivity contribution in [2.75, 3.05) is 13.2 Å². The summed E-state index contributed by atoms with van der Waals surface area (Å²) in [7, 11) is 0. The van der Waals surface area contributed by atoms with Crippen molar-refractivity contribution in [1.82, 2.24) is 0 Å². The van der Waals surface area contributed by atoms with Gasteiger partial charge in [0.15, 0.2) is 0 Å². The summed E-state index contributed by atoms with van der Waals surface area (Å²) in [6, 6.07) is 0. The van der Waals surface area contributed by atoms with Crippen molar-refractivity contribution >= 4 is 6.16 Å². The molecule has 0 saturated carbocycles. The molecule has 0 rings (SSSR count). The van der Waals surface area contributed by atoms with E-state index in [0.29, 0.717) is 0 Å². The first-order chi connectivity index (χ1) is 4.15. The van der Waals surface area contributed by atoms with Crippen molar-refractivity contribution in [1.29, 1.82) is 0 Å². The van der Waals surface area contributed by atoms with Gasteiger partial charge >= 0.3 is 103 Å². The summed E-state index contributed by atoms with van der Waals surface area (Å²) in [4.78, 5) is 8.33. The Balaban J connectivity index is -0.0000000383. The summed E-state index contributed by atoms with van der Waals surface area (Å²) in [5, 5.41) is 16.7. The molecule has 0 aliphatic heterocycles. The van der Waals surface area contributed by atoms with E-state index < -0.39 is 6.16 Å². The number of carboxylic acid groups (broad SMARTS) is 2. The van der Waals surface area contributed by atoms with Crippen LogP contribution in [0.15, 0.2) is 0 Å². The second kappa shape index (κ2) is 22.9. The summed E-state index contributed by atoms with van der Waals surface area (Å²) in [5.41, 5.74) is 0. The fourth-order valence-corrected chi connectivity index (χ4v) is 0.204. The molecule has 0 N–H and O–H groups in total. The first-order valence-corrected chi connectivity index (χ1v) is 2.60. The fraction of sp³-hybridized carbons (Fsp3) is 0.800. The van der Waals surface area contributed by atoms with Crippen molar-refractivity contribution in [3.05, 3.63) is 0 Å². The normalized spacial score (nSPS) is 6.00. The summed E-state index contributed by atoms with van der Waals surface area (Å²) < 4.78 is 4.83. The molecule has 56 valence electrons. The molecule has 0 fully saturated rings. The van der Waals surface area contributed by atoms with Crippen molar-refractivity contribution in [2.45, 2.75) is 13.8 Å². The molecular formula is C5H10K2O4. The van der Waals surface area contributed by atoms with Gasteiger partial charge in [-0.05, 0) is 20.0 Å². The molecule has 0 radical (unpaired) electrons. The summed E-state index contributed by atoms with van der Waals surface area (Å²) in [6.07, 6.45) is -2.33. The van der Waals surface area contributed by atoms with Gasteiger partial charge in [-0.25, -0.2) is 0 Å². The van der Waals surface area contributed by atoms with Crippen LogP contribution in [0, 0.1) is 0 Å². The Labute approximate surface area is 152 Å². The van der Waals surface area contributed by atoms with Crippen molar-refractivity contribution in [3.8, 4) is 0 Å². The Morgan fingerprint density at radius 2 is 1.36 bits per heavy atom. The van der Waals surface area contributed by atoms with Gasteiger partial charge in [0.25, 0.3) is 0 Å². The second-order valence-electron chi connectivity index (χ2n) is 1.03. The minimum Gasteiger partial charge on any atom is -0.652 e. The third-order valence-corrected chi connectivity index (χ3v) is 0.408. The van der Waals surface area contributed by atoms with Gasteiger partial charge in [0.2, 0.25) is 0 Å². The van der Waals surface area contributed by atoms with Crippen LogP contribution in [0.1, 0.15) is 13.8 Å². The predicted molar refractivity (Wildman–Crippen MR) is 27.6 cm³/mol. The maximum absolute atomic E-state index is 8.33. The molecule has 0 aromatic heterocycles. The second-order valence-corrected chi connectivity index (χ2v) is 1.03.